The highest BCUT2D eigenvalue weighted by atomic mass is 16.6. The van der Waals surface area contributed by atoms with Crippen molar-refractivity contribution in [2.45, 2.75) is 19.9 Å². The van der Waals surface area contributed by atoms with E-state index in [-0.39, 0.29) is 18.5 Å². The molecule has 0 saturated carbocycles. The standard InChI is InChI=1S/C9H13N3O3/c1-6-3-10-5-11-8(6)15-9(14)12-7(2)4-13/h3,5,7,13H,4H2,1-2H3,(H,12,14). The van der Waals surface area contributed by atoms with Crippen LogP contribution in [0.15, 0.2) is 12.5 Å². The Hall–Kier alpha value is -1.69. The van der Waals surface area contributed by atoms with E-state index in [1.165, 1.54) is 6.33 Å². The van der Waals surface area contributed by atoms with E-state index >= 15 is 0 Å². The first-order valence-corrected chi connectivity index (χ1v) is 4.49. The summed E-state index contributed by atoms with van der Waals surface area (Å²) in [4.78, 5) is 18.8. The van der Waals surface area contributed by atoms with E-state index in [0.29, 0.717) is 5.56 Å². The van der Waals surface area contributed by atoms with Gasteiger partial charge in [-0.25, -0.2) is 14.8 Å². The molecule has 6 nitrogen and oxygen atoms in total. The molecule has 0 aliphatic heterocycles. The van der Waals surface area contributed by atoms with E-state index < -0.39 is 6.09 Å². The second-order valence-electron chi connectivity index (χ2n) is 3.13. The number of aromatic nitrogens is 2. The maximum atomic E-state index is 11.2. The zero-order valence-electron chi connectivity index (χ0n) is 8.60. The number of aliphatic hydroxyl groups excluding tert-OH is 1. The zero-order chi connectivity index (χ0) is 11.3. The van der Waals surface area contributed by atoms with Crippen LogP contribution in [0, 0.1) is 6.92 Å². The van der Waals surface area contributed by atoms with Gasteiger partial charge in [0, 0.05) is 11.8 Å². The van der Waals surface area contributed by atoms with Crippen molar-refractivity contribution in [2.75, 3.05) is 6.61 Å². The van der Waals surface area contributed by atoms with E-state index in [1.54, 1.807) is 20.0 Å². The molecule has 1 atom stereocenters. The summed E-state index contributed by atoms with van der Waals surface area (Å²) >= 11 is 0. The predicted octanol–water partition coefficient (Wildman–Crippen LogP) is 0.254. The van der Waals surface area contributed by atoms with Gasteiger partial charge in [-0.3, -0.25) is 0 Å². The number of carbonyl (C=O) groups excluding carboxylic acids is 1. The van der Waals surface area contributed by atoms with E-state index in [1.807, 2.05) is 0 Å². The molecule has 1 amide bonds. The van der Waals surface area contributed by atoms with Crippen LogP contribution in [0.1, 0.15) is 12.5 Å². The Labute approximate surface area is 87.3 Å². The van der Waals surface area contributed by atoms with Crippen LogP contribution in [-0.2, 0) is 0 Å². The lowest BCUT2D eigenvalue weighted by molar-refractivity contribution is 0.183. The molecule has 15 heavy (non-hydrogen) atoms. The average Bonchev–Trinajstić information content (AvgIpc) is 2.21. The fourth-order valence-corrected chi connectivity index (χ4v) is 0.859. The number of rotatable bonds is 3. The van der Waals surface area contributed by atoms with E-state index in [0.717, 1.165) is 0 Å². The summed E-state index contributed by atoms with van der Waals surface area (Å²) in [5, 5.41) is 11.1. The molecule has 0 bridgehead atoms. The van der Waals surface area contributed by atoms with Gasteiger partial charge in [-0.2, -0.15) is 0 Å². The molecule has 82 valence electrons. The highest BCUT2D eigenvalue weighted by molar-refractivity contribution is 5.70. The average molecular weight is 211 g/mol. The number of carbonyl (C=O) groups is 1. The molecule has 1 rings (SSSR count). The van der Waals surface area contributed by atoms with Gasteiger partial charge >= 0.3 is 6.09 Å². The minimum absolute atomic E-state index is 0.141. The van der Waals surface area contributed by atoms with Gasteiger partial charge in [0.2, 0.25) is 5.88 Å². The Bertz CT molecular complexity index is 343. The minimum Gasteiger partial charge on any atom is -0.394 e. The number of aliphatic hydroxyl groups is 1. The highest BCUT2D eigenvalue weighted by Gasteiger charge is 2.10. The Kier molecular flexibility index (Phi) is 3.99. The van der Waals surface area contributed by atoms with Crippen molar-refractivity contribution < 1.29 is 14.6 Å². The number of nitrogens with one attached hydrogen (secondary N) is 1. The van der Waals surface area contributed by atoms with Crippen LogP contribution in [0.2, 0.25) is 0 Å². The molecule has 1 aromatic rings. The zero-order valence-corrected chi connectivity index (χ0v) is 8.60. The van der Waals surface area contributed by atoms with Crippen molar-refractivity contribution in [3.05, 3.63) is 18.1 Å². The van der Waals surface area contributed by atoms with Gasteiger partial charge in [-0.1, -0.05) is 0 Å². The molecule has 2 N–H and O–H groups in total. The molecule has 1 aromatic heterocycles. The van der Waals surface area contributed by atoms with Crippen LogP contribution in [0.3, 0.4) is 0 Å². The molecule has 0 spiro atoms. The maximum Gasteiger partial charge on any atom is 0.414 e. The van der Waals surface area contributed by atoms with Crippen LogP contribution < -0.4 is 10.1 Å². The van der Waals surface area contributed by atoms with Gasteiger partial charge in [0.15, 0.2) is 0 Å². The van der Waals surface area contributed by atoms with Crippen LogP contribution in [-0.4, -0.2) is 33.8 Å². The molecule has 0 radical (unpaired) electrons. The number of amides is 1. The van der Waals surface area contributed by atoms with E-state index in [2.05, 4.69) is 15.3 Å². The molecular formula is C9H13N3O3. The molecular weight excluding hydrogens is 198 g/mol. The van der Waals surface area contributed by atoms with Gasteiger partial charge in [0.1, 0.15) is 6.33 Å². The number of nitrogens with zero attached hydrogens (tertiary/aromatic N) is 2. The third kappa shape index (κ3) is 3.51. The fourth-order valence-electron chi connectivity index (χ4n) is 0.859. The lowest BCUT2D eigenvalue weighted by Gasteiger charge is -2.10. The number of ether oxygens (including phenoxy) is 1. The van der Waals surface area contributed by atoms with Gasteiger partial charge in [0.25, 0.3) is 0 Å². The minimum atomic E-state index is -0.640. The molecule has 0 aliphatic rings. The monoisotopic (exact) mass is 211 g/mol. The van der Waals surface area contributed by atoms with Gasteiger partial charge in [0.05, 0.1) is 12.6 Å². The van der Waals surface area contributed by atoms with Crippen LogP contribution in [0.25, 0.3) is 0 Å². The van der Waals surface area contributed by atoms with Gasteiger partial charge in [-0.15, -0.1) is 0 Å². The second kappa shape index (κ2) is 5.26. The Morgan fingerprint density at radius 3 is 3.07 bits per heavy atom. The molecule has 0 fully saturated rings. The molecule has 6 heteroatoms. The van der Waals surface area contributed by atoms with Crippen LogP contribution >= 0.6 is 0 Å². The largest absolute Gasteiger partial charge is 0.414 e. The quantitative estimate of drug-likeness (QED) is 0.748. The van der Waals surface area contributed by atoms with Crippen molar-refractivity contribution in [1.82, 2.24) is 15.3 Å². The third-order valence-electron chi connectivity index (χ3n) is 1.67. The van der Waals surface area contributed by atoms with Gasteiger partial charge in [-0.05, 0) is 13.8 Å². The van der Waals surface area contributed by atoms with Crippen molar-refractivity contribution in [2.24, 2.45) is 0 Å². The van der Waals surface area contributed by atoms with Crippen molar-refractivity contribution in [1.29, 1.82) is 0 Å². The first-order valence-electron chi connectivity index (χ1n) is 4.49. The smallest absolute Gasteiger partial charge is 0.394 e. The molecule has 0 saturated heterocycles. The number of hydrogen-bond acceptors (Lipinski definition) is 5. The van der Waals surface area contributed by atoms with Gasteiger partial charge < -0.3 is 15.2 Å². The molecule has 0 aromatic carbocycles. The highest BCUT2D eigenvalue weighted by Crippen LogP contribution is 2.10. The summed E-state index contributed by atoms with van der Waals surface area (Å²) in [5.74, 6) is 0.215. The number of hydrogen-bond donors (Lipinski definition) is 2. The van der Waals surface area contributed by atoms with E-state index in [9.17, 15) is 4.79 Å². The maximum absolute atomic E-state index is 11.2. The topological polar surface area (TPSA) is 84.3 Å². The Morgan fingerprint density at radius 1 is 1.73 bits per heavy atom. The first kappa shape index (κ1) is 11.4. The first-order chi connectivity index (χ1) is 7.13. The summed E-state index contributed by atoms with van der Waals surface area (Å²) in [6.45, 7) is 3.25. The summed E-state index contributed by atoms with van der Waals surface area (Å²) in [6.07, 6.45) is 2.20. The summed E-state index contributed by atoms with van der Waals surface area (Å²) in [7, 11) is 0. The fraction of sp³-hybridized carbons (Fsp3) is 0.444. The Balaban J connectivity index is 2.55. The predicted molar refractivity (Wildman–Crippen MR) is 52.5 cm³/mol. The summed E-state index contributed by atoms with van der Waals surface area (Å²) in [5.41, 5.74) is 0.671. The third-order valence-corrected chi connectivity index (χ3v) is 1.67. The molecule has 1 unspecified atom stereocenters. The van der Waals surface area contributed by atoms with Crippen LogP contribution in [0.5, 0.6) is 5.88 Å². The normalized spacial score (nSPS) is 11.9. The van der Waals surface area contributed by atoms with Crippen molar-refractivity contribution in [3.63, 3.8) is 0 Å². The SMILES string of the molecule is Cc1cncnc1OC(=O)NC(C)CO. The second-order valence-corrected chi connectivity index (χ2v) is 3.13. The lowest BCUT2D eigenvalue weighted by Crippen LogP contribution is -2.37. The molecule has 1 heterocycles. The number of aryl methyl sites for hydroxylation is 1. The van der Waals surface area contributed by atoms with E-state index in [4.69, 9.17) is 9.84 Å². The summed E-state index contributed by atoms with van der Waals surface area (Å²) in [6, 6.07) is -0.348. The van der Waals surface area contributed by atoms with Crippen molar-refractivity contribution >= 4 is 6.09 Å². The lowest BCUT2D eigenvalue weighted by atomic mass is 10.4. The summed E-state index contributed by atoms with van der Waals surface area (Å²) < 4.78 is 4.91. The molecule has 0 aliphatic carbocycles. The van der Waals surface area contributed by atoms with Crippen molar-refractivity contribution in [3.8, 4) is 5.88 Å². The van der Waals surface area contributed by atoms with Crippen LogP contribution in [0.4, 0.5) is 4.79 Å². The Morgan fingerprint density at radius 2 is 2.47 bits per heavy atom.